The van der Waals surface area contributed by atoms with Gasteiger partial charge in [0.1, 0.15) is 11.5 Å². The van der Waals surface area contributed by atoms with E-state index in [1.54, 1.807) is 4.90 Å². The summed E-state index contributed by atoms with van der Waals surface area (Å²) in [5.41, 5.74) is 7.75. The molecule has 1 aromatic carbocycles. The lowest BCUT2D eigenvalue weighted by atomic mass is 10.0. The quantitative estimate of drug-likeness (QED) is 0.670. The van der Waals surface area contributed by atoms with Crippen molar-refractivity contribution in [1.82, 2.24) is 10.1 Å². The number of aryl methyl sites for hydroxylation is 1. The summed E-state index contributed by atoms with van der Waals surface area (Å²) in [5.74, 6) is 0.905. The summed E-state index contributed by atoms with van der Waals surface area (Å²) in [4.78, 5) is 13.9. The Bertz CT molecular complexity index is 658. The Morgan fingerprint density at radius 2 is 1.88 bits per heavy atom. The third kappa shape index (κ3) is 6.46. The van der Waals surface area contributed by atoms with Crippen LogP contribution in [0.5, 0.6) is 0 Å². The van der Waals surface area contributed by atoms with Gasteiger partial charge in [-0.2, -0.15) is 0 Å². The van der Waals surface area contributed by atoms with Crippen molar-refractivity contribution in [3.05, 3.63) is 42.2 Å². The molecule has 0 radical (unpaired) electrons. The predicted molar refractivity (Wildman–Crippen MR) is 107 cm³/mol. The van der Waals surface area contributed by atoms with Gasteiger partial charge in [-0.15, -0.1) is 12.4 Å². The Balaban J connectivity index is 0.00000338. The molecule has 1 amide bonds. The highest BCUT2D eigenvalue weighted by Gasteiger charge is 2.20. The van der Waals surface area contributed by atoms with Crippen molar-refractivity contribution in [3.63, 3.8) is 0 Å². The first-order chi connectivity index (χ1) is 12.0. The van der Waals surface area contributed by atoms with Crippen LogP contribution in [-0.2, 0) is 11.2 Å². The van der Waals surface area contributed by atoms with Crippen LogP contribution in [0.25, 0.3) is 11.3 Å². The highest BCUT2D eigenvalue weighted by Crippen LogP contribution is 2.19. The maximum atomic E-state index is 12.1. The van der Waals surface area contributed by atoms with Crippen molar-refractivity contribution < 1.29 is 9.32 Å². The zero-order valence-corrected chi connectivity index (χ0v) is 16.7. The van der Waals surface area contributed by atoms with E-state index in [0.29, 0.717) is 0 Å². The SMILES string of the molecule is CC(N)C(C)C(=O)N(C)CCCCCc1cc(-c2ccccc2)no1.Cl. The standard InChI is InChI=1S/C20H29N3O2.ClH/c1-15(16(2)21)20(24)23(3)13-9-5-8-12-18-14-19(22-25-18)17-10-6-4-7-11-17;/h4,6-7,10-11,14-16H,5,8-9,12-13,21H2,1-3H3;1H. The zero-order valence-electron chi connectivity index (χ0n) is 15.9. The minimum atomic E-state index is -0.129. The topological polar surface area (TPSA) is 72.4 Å². The van der Waals surface area contributed by atoms with Gasteiger partial charge < -0.3 is 15.2 Å². The Hall–Kier alpha value is -1.85. The third-order valence-corrected chi connectivity index (χ3v) is 4.60. The van der Waals surface area contributed by atoms with Crippen molar-refractivity contribution in [2.45, 2.75) is 45.6 Å². The Kier molecular flexibility index (Phi) is 9.38. The van der Waals surface area contributed by atoms with Gasteiger partial charge in [0, 0.05) is 37.7 Å². The van der Waals surface area contributed by atoms with E-state index in [9.17, 15) is 4.79 Å². The molecule has 2 rings (SSSR count). The fourth-order valence-electron chi connectivity index (χ4n) is 2.68. The summed E-state index contributed by atoms with van der Waals surface area (Å²) in [6.07, 6.45) is 3.92. The first kappa shape index (κ1) is 22.2. The van der Waals surface area contributed by atoms with E-state index in [1.807, 2.05) is 57.3 Å². The van der Waals surface area contributed by atoms with Gasteiger partial charge in [-0.1, -0.05) is 48.8 Å². The van der Waals surface area contributed by atoms with Crippen LogP contribution in [0.4, 0.5) is 0 Å². The molecular weight excluding hydrogens is 350 g/mol. The predicted octanol–water partition coefficient (Wildman–Crippen LogP) is 3.92. The minimum Gasteiger partial charge on any atom is -0.361 e. The van der Waals surface area contributed by atoms with Crippen molar-refractivity contribution in [3.8, 4) is 11.3 Å². The molecule has 0 aliphatic rings. The van der Waals surface area contributed by atoms with Gasteiger partial charge in [-0.3, -0.25) is 4.79 Å². The van der Waals surface area contributed by atoms with E-state index >= 15 is 0 Å². The average Bonchev–Trinajstić information content (AvgIpc) is 3.09. The summed E-state index contributed by atoms with van der Waals surface area (Å²) in [5, 5.41) is 4.13. The number of nitrogens with zero attached hydrogens (tertiary/aromatic N) is 2. The Labute approximate surface area is 162 Å². The monoisotopic (exact) mass is 379 g/mol. The van der Waals surface area contributed by atoms with Gasteiger partial charge in [0.2, 0.25) is 5.91 Å². The van der Waals surface area contributed by atoms with Gasteiger partial charge in [0.05, 0.1) is 5.92 Å². The number of benzene rings is 1. The molecule has 0 saturated carbocycles. The number of carbonyl (C=O) groups excluding carboxylic acids is 1. The molecule has 2 N–H and O–H groups in total. The van der Waals surface area contributed by atoms with Crippen molar-refractivity contribution in [2.24, 2.45) is 11.7 Å². The minimum absolute atomic E-state index is 0. The summed E-state index contributed by atoms with van der Waals surface area (Å²) in [6.45, 7) is 4.52. The van der Waals surface area contributed by atoms with E-state index in [0.717, 1.165) is 49.2 Å². The van der Waals surface area contributed by atoms with Crippen molar-refractivity contribution in [2.75, 3.05) is 13.6 Å². The molecule has 6 heteroatoms. The van der Waals surface area contributed by atoms with Crippen LogP contribution in [0.2, 0.25) is 0 Å². The third-order valence-electron chi connectivity index (χ3n) is 4.60. The number of unbranched alkanes of at least 4 members (excludes halogenated alkanes) is 2. The Morgan fingerprint density at radius 3 is 2.54 bits per heavy atom. The van der Waals surface area contributed by atoms with Crippen LogP contribution in [0.3, 0.4) is 0 Å². The Morgan fingerprint density at radius 1 is 1.19 bits per heavy atom. The van der Waals surface area contributed by atoms with E-state index in [2.05, 4.69) is 5.16 Å². The number of carbonyl (C=O) groups is 1. The van der Waals surface area contributed by atoms with Crippen LogP contribution in [0.1, 0.15) is 38.9 Å². The maximum absolute atomic E-state index is 12.1. The molecule has 0 bridgehead atoms. The number of hydrogen-bond acceptors (Lipinski definition) is 4. The van der Waals surface area contributed by atoms with E-state index in [1.165, 1.54) is 0 Å². The molecule has 2 aromatic rings. The second-order valence-corrected chi connectivity index (χ2v) is 6.76. The molecular formula is C20H30ClN3O2. The van der Waals surface area contributed by atoms with Crippen LogP contribution >= 0.6 is 12.4 Å². The van der Waals surface area contributed by atoms with E-state index in [-0.39, 0.29) is 30.3 Å². The molecule has 2 atom stereocenters. The molecule has 5 nitrogen and oxygen atoms in total. The summed E-state index contributed by atoms with van der Waals surface area (Å²) in [6, 6.07) is 11.9. The second-order valence-electron chi connectivity index (χ2n) is 6.76. The highest BCUT2D eigenvalue weighted by molar-refractivity contribution is 5.85. The normalized spacial score (nSPS) is 12.9. The van der Waals surface area contributed by atoms with Gasteiger partial charge in [0.25, 0.3) is 0 Å². The largest absolute Gasteiger partial charge is 0.361 e. The number of aromatic nitrogens is 1. The van der Waals surface area contributed by atoms with Crippen LogP contribution in [-0.4, -0.2) is 35.6 Å². The van der Waals surface area contributed by atoms with Crippen molar-refractivity contribution in [1.29, 1.82) is 0 Å². The van der Waals surface area contributed by atoms with Crippen LogP contribution < -0.4 is 5.73 Å². The molecule has 2 unspecified atom stereocenters. The van der Waals surface area contributed by atoms with Crippen molar-refractivity contribution >= 4 is 18.3 Å². The number of rotatable bonds is 9. The fourth-order valence-corrected chi connectivity index (χ4v) is 2.68. The average molecular weight is 380 g/mol. The molecule has 26 heavy (non-hydrogen) atoms. The lowest BCUT2D eigenvalue weighted by Gasteiger charge is -2.23. The highest BCUT2D eigenvalue weighted by atomic mass is 35.5. The lowest BCUT2D eigenvalue weighted by molar-refractivity contribution is -0.134. The number of nitrogens with two attached hydrogens (primary N) is 1. The number of halogens is 1. The van der Waals surface area contributed by atoms with E-state index in [4.69, 9.17) is 10.3 Å². The molecule has 144 valence electrons. The van der Waals surface area contributed by atoms with Crippen LogP contribution in [0.15, 0.2) is 40.9 Å². The van der Waals surface area contributed by atoms with E-state index < -0.39 is 0 Å². The molecule has 0 fully saturated rings. The first-order valence-corrected chi connectivity index (χ1v) is 9.00. The summed E-state index contributed by atoms with van der Waals surface area (Å²) >= 11 is 0. The summed E-state index contributed by atoms with van der Waals surface area (Å²) in [7, 11) is 1.85. The maximum Gasteiger partial charge on any atom is 0.226 e. The van der Waals surface area contributed by atoms with Crippen LogP contribution in [0, 0.1) is 5.92 Å². The van der Waals surface area contributed by atoms with Gasteiger partial charge >= 0.3 is 0 Å². The first-order valence-electron chi connectivity index (χ1n) is 9.00. The van der Waals surface area contributed by atoms with Gasteiger partial charge in [-0.25, -0.2) is 0 Å². The summed E-state index contributed by atoms with van der Waals surface area (Å²) < 4.78 is 5.41. The molecule has 0 spiro atoms. The molecule has 1 aromatic heterocycles. The molecule has 1 heterocycles. The lowest BCUT2D eigenvalue weighted by Crippen LogP contribution is -2.40. The molecule has 0 aliphatic carbocycles. The number of hydrogen-bond donors (Lipinski definition) is 1. The smallest absolute Gasteiger partial charge is 0.226 e. The van der Waals surface area contributed by atoms with Gasteiger partial charge in [0.15, 0.2) is 0 Å². The van der Waals surface area contributed by atoms with Gasteiger partial charge in [-0.05, 0) is 19.8 Å². The molecule has 0 aliphatic heterocycles. The second kappa shape index (κ2) is 11.0. The number of amides is 1. The fraction of sp³-hybridized carbons (Fsp3) is 0.500. The molecule has 0 saturated heterocycles. The zero-order chi connectivity index (χ0) is 18.2.